The lowest BCUT2D eigenvalue weighted by Crippen LogP contribution is -2.10. The van der Waals surface area contributed by atoms with Gasteiger partial charge in [0.05, 0.1) is 18.2 Å². The minimum atomic E-state index is -0.318. The molecule has 104 valence electrons. The minimum absolute atomic E-state index is 0.318. The van der Waals surface area contributed by atoms with Crippen molar-refractivity contribution in [3.63, 3.8) is 0 Å². The third kappa shape index (κ3) is 1.67. The number of carbonyl (C=O) groups is 1. The van der Waals surface area contributed by atoms with Crippen molar-refractivity contribution in [2.24, 2.45) is 11.8 Å². The zero-order valence-electron chi connectivity index (χ0n) is 11.6. The van der Waals surface area contributed by atoms with Crippen molar-refractivity contribution < 1.29 is 9.53 Å². The van der Waals surface area contributed by atoms with Gasteiger partial charge in [0.2, 0.25) is 0 Å². The summed E-state index contributed by atoms with van der Waals surface area (Å²) < 4.78 is 4.84. The number of carbonyl (C=O) groups excluding carboxylic acids is 1. The Morgan fingerprint density at radius 2 is 2.25 bits per heavy atom. The molecule has 3 unspecified atom stereocenters. The summed E-state index contributed by atoms with van der Waals surface area (Å²) in [5, 5.41) is 0. The zero-order chi connectivity index (χ0) is 13.7. The molecule has 1 aromatic heterocycles. The van der Waals surface area contributed by atoms with Gasteiger partial charge >= 0.3 is 5.97 Å². The van der Waals surface area contributed by atoms with Crippen molar-refractivity contribution in [3.05, 3.63) is 29.6 Å². The highest BCUT2D eigenvalue weighted by atomic mass is 16.5. The van der Waals surface area contributed by atoms with Gasteiger partial charge in [-0.15, -0.1) is 0 Å². The molecule has 2 bridgehead atoms. The molecule has 1 N–H and O–H groups in total. The number of nitrogens with zero attached hydrogens (tertiary/aromatic N) is 1. The Labute approximate surface area is 117 Å². The molecule has 3 atom stereocenters. The maximum atomic E-state index is 11.8. The second kappa shape index (κ2) is 4.33. The Bertz CT molecular complexity index is 676. The lowest BCUT2D eigenvalue weighted by atomic mass is 9.88. The first-order valence-corrected chi connectivity index (χ1v) is 7.33. The van der Waals surface area contributed by atoms with Gasteiger partial charge in [0.1, 0.15) is 11.3 Å². The molecule has 2 saturated carbocycles. The Morgan fingerprint density at radius 3 is 2.95 bits per heavy atom. The van der Waals surface area contributed by atoms with Crippen LogP contribution >= 0.6 is 0 Å². The summed E-state index contributed by atoms with van der Waals surface area (Å²) in [7, 11) is 1.41. The van der Waals surface area contributed by atoms with E-state index in [1.54, 1.807) is 6.07 Å². The van der Waals surface area contributed by atoms with E-state index < -0.39 is 0 Å². The van der Waals surface area contributed by atoms with Crippen LogP contribution in [0, 0.1) is 11.8 Å². The number of esters is 1. The number of rotatable bonds is 2. The molecule has 0 saturated heterocycles. The van der Waals surface area contributed by atoms with Gasteiger partial charge in [-0.1, -0.05) is 12.5 Å². The standard InChI is InChI=1S/C16H18N2O2/c1-20-16(19)11-3-2-4-13-14(11)18-15(17-13)12-8-9-5-6-10(12)7-9/h2-4,9-10,12H,5-8H2,1H3,(H,17,18). The Kier molecular flexibility index (Phi) is 2.59. The molecule has 1 aromatic carbocycles. The largest absolute Gasteiger partial charge is 0.465 e. The van der Waals surface area contributed by atoms with Crippen molar-refractivity contribution in [2.75, 3.05) is 7.11 Å². The normalized spacial score (nSPS) is 28.1. The summed E-state index contributed by atoms with van der Waals surface area (Å²) in [6, 6.07) is 5.63. The van der Waals surface area contributed by atoms with Crippen LogP contribution in [0.5, 0.6) is 0 Å². The van der Waals surface area contributed by atoms with Crippen LogP contribution in [-0.2, 0) is 4.74 Å². The number of para-hydroxylation sites is 1. The molecule has 4 heteroatoms. The molecule has 2 aliphatic carbocycles. The molecular formula is C16H18N2O2. The first-order chi connectivity index (χ1) is 9.76. The summed E-state index contributed by atoms with van der Waals surface area (Å²) >= 11 is 0. The van der Waals surface area contributed by atoms with E-state index >= 15 is 0 Å². The first kappa shape index (κ1) is 11.9. The number of aromatic amines is 1. The van der Waals surface area contributed by atoms with Gasteiger partial charge in [0, 0.05) is 5.92 Å². The summed E-state index contributed by atoms with van der Waals surface area (Å²) in [4.78, 5) is 20.0. The fourth-order valence-corrected chi connectivity index (χ4v) is 4.08. The third-order valence-corrected chi connectivity index (χ3v) is 5.03. The smallest absolute Gasteiger partial charge is 0.340 e. The molecule has 1 heterocycles. The maximum absolute atomic E-state index is 11.8. The number of aromatic nitrogens is 2. The van der Waals surface area contributed by atoms with Gasteiger partial charge in [-0.3, -0.25) is 0 Å². The van der Waals surface area contributed by atoms with Crippen LogP contribution in [-0.4, -0.2) is 23.0 Å². The van der Waals surface area contributed by atoms with Gasteiger partial charge in [0.15, 0.2) is 0 Å². The molecule has 2 fully saturated rings. The van der Waals surface area contributed by atoms with Gasteiger partial charge in [0.25, 0.3) is 0 Å². The summed E-state index contributed by atoms with van der Waals surface area (Å²) in [6.07, 6.45) is 5.31. The summed E-state index contributed by atoms with van der Waals surface area (Å²) in [5.74, 6) is 2.96. The van der Waals surface area contributed by atoms with Crippen molar-refractivity contribution >= 4 is 17.0 Å². The number of imidazole rings is 1. The Hall–Kier alpha value is -1.84. The van der Waals surface area contributed by atoms with Gasteiger partial charge in [-0.25, -0.2) is 9.78 Å². The molecule has 2 aromatic rings. The van der Waals surface area contributed by atoms with Gasteiger partial charge in [-0.05, 0) is 43.2 Å². The van der Waals surface area contributed by atoms with E-state index in [-0.39, 0.29) is 5.97 Å². The fourth-order valence-electron chi connectivity index (χ4n) is 4.08. The molecule has 20 heavy (non-hydrogen) atoms. The topological polar surface area (TPSA) is 55.0 Å². The molecule has 0 spiro atoms. The number of ether oxygens (including phenoxy) is 1. The van der Waals surface area contributed by atoms with Crippen molar-refractivity contribution in [2.45, 2.75) is 31.6 Å². The second-order valence-electron chi connectivity index (χ2n) is 6.10. The molecule has 2 aliphatic rings. The number of H-pyrrole nitrogens is 1. The van der Waals surface area contributed by atoms with E-state index in [0.29, 0.717) is 11.5 Å². The molecule has 0 aliphatic heterocycles. The van der Waals surface area contributed by atoms with E-state index in [1.807, 2.05) is 12.1 Å². The van der Waals surface area contributed by atoms with Crippen LogP contribution in [0.25, 0.3) is 11.0 Å². The van der Waals surface area contributed by atoms with Crippen molar-refractivity contribution in [3.8, 4) is 0 Å². The molecule has 4 nitrogen and oxygen atoms in total. The van der Waals surface area contributed by atoms with Crippen LogP contribution < -0.4 is 0 Å². The van der Waals surface area contributed by atoms with Crippen LogP contribution in [0.3, 0.4) is 0 Å². The van der Waals surface area contributed by atoms with Crippen LogP contribution in [0.15, 0.2) is 18.2 Å². The lowest BCUT2D eigenvalue weighted by Gasteiger charge is -2.19. The van der Waals surface area contributed by atoms with Gasteiger partial charge < -0.3 is 9.72 Å². The van der Waals surface area contributed by atoms with E-state index in [4.69, 9.17) is 9.72 Å². The quantitative estimate of drug-likeness (QED) is 0.852. The lowest BCUT2D eigenvalue weighted by molar-refractivity contribution is 0.0603. The molecule has 0 amide bonds. The van der Waals surface area contributed by atoms with Crippen molar-refractivity contribution in [1.82, 2.24) is 9.97 Å². The van der Waals surface area contributed by atoms with Crippen molar-refractivity contribution in [1.29, 1.82) is 0 Å². The first-order valence-electron chi connectivity index (χ1n) is 7.33. The third-order valence-electron chi connectivity index (χ3n) is 5.03. The van der Waals surface area contributed by atoms with Crippen LogP contribution in [0.1, 0.15) is 47.8 Å². The highest BCUT2D eigenvalue weighted by Gasteiger charge is 2.41. The molecule has 4 rings (SSSR count). The van der Waals surface area contributed by atoms with E-state index in [0.717, 1.165) is 28.7 Å². The zero-order valence-corrected chi connectivity index (χ0v) is 11.6. The van der Waals surface area contributed by atoms with E-state index in [2.05, 4.69) is 4.98 Å². The summed E-state index contributed by atoms with van der Waals surface area (Å²) in [5.41, 5.74) is 2.23. The van der Waals surface area contributed by atoms with E-state index in [1.165, 1.54) is 32.8 Å². The monoisotopic (exact) mass is 270 g/mol. The average molecular weight is 270 g/mol. The Balaban J connectivity index is 1.77. The molecule has 0 radical (unpaired) electrons. The highest BCUT2D eigenvalue weighted by Crippen LogP contribution is 2.52. The summed E-state index contributed by atoms with van der Waals surface area (Å²) in [6.45, 7) is 0. The second-order valence-corrected chi connectivity index (χ2v) is 6.10. The predicted molar refractivity (Wildman–Crippen MR) is 75.6 cm³/mol. The van der Waals surface area contributed by atoms with Crippen LogP contribution in [0.2, 0.25) is 0 Å². The van der Waals surface area contributed by atoms with Gasteiger partial charge in [-0.2, -0.15) is 0 Å². The number of methoxy groups -OCH3 is 1. The predicted octanol–water partition coefficient (Wildman–Crippen LogP) is 3.25. The highest BCUT2D eigenvalue weighted by molar-refractivity contribution is 6.01. The number of nitrogens with one attached hydrogen (secondary N) is 1. The number of fused-ring (bicyclic) bond motifs is 3. The SMILES string of the molecule is COC(=O)c1cccc2[nH]c(C3CC4CCC3C4)nc12. The average Bonchev–Trinajstić information content (AvgIpc) is 3.19. The Morgan fingerprint density at radius 1 is 1.35 bits per heavy atom. The van der Waals surface area contributed by atoms with Crippen LogP contribution in [0.4, 0.5) is 0 Å². The fraction of sp³-hybridized carbons (Fsp3) is 0.500. The number of benzene rings is 1. The minimum Gasteiger partial charge on any atom is -0.465 e. The molecular weight excluding hydrogens is 252 g/mol. The van der Waals surface area contributed by atoms with E-state index in [9.17, 15) is 4.79 Å². The maximum Gasteiger partial charge on any atom is 0.340 e. The number of hydrogen-bond acceptors (Lipinski definition) is 3. The number of hydrogen-bond donors (Lipinski definition) is 1.